The SMILES string of the molecule is O=C1CN(CC(=O)N2C[C@H]3CC[C@@H]2CN(CCCc2ccccc2)C3)C(=O)N1. The first-order valence-corrected chi connectivity index (χ1v) is 10.2. The highest BCUT2D eigenvalue weighted by Crippen LogP contribution is 2.28. The summed E-state index contributed by atoms with van der Waals surface area (Å²) in [6, 6.07) is 10.3. The lowest BCUT2D eigenvalue weighted by atomic mass is 9.95. The van der Waals surface area contributed by atoms with Crippen molar-refractivity contribution in [3.63, 3.8) is 0 Å². The van der Waals surface area contributed by atoms with Crippen LogP contribution in [0.15, 0.2) is 30.3 Å². The second kappa shape index (κ2) is 8.31. The van der Waals surface area contributed by atoms with E-state index in [1.165, 1.54) is 10.5 Å². The number of nitrogens with one attached hydrogen (secondary N) is 1. The third kappa shape index (κ3) is 4.35. The van der Waals surface area contributed by atoms with Gasteiger partial charge in [0.15, 0.2) is 0 Å². The molecular formula is C21H28N4O3. The number of urea groups is 1. The summed E-state index contributed by atoms with van der Waals surface area (Å²) in [5.41, 5.74) is 1.37. The third-order valence-electron chi connectivity index (χ3n) is 6.09. The Hall–Kier alpha value is -2.41. The first-order chi connectivity index (χ1) is 13.6. The molecule has 4 heterocycles. The number of hydrogen-bond donors (Lipinski definition) is 1. The maximum Gasteiger partial charge on any atom is 0.325 e. The molecule has 0 spiro atoms. The summed E-state index contributed by atoms with van der Waals surface area (Å²) in [5, 5.41) is 2.23. The molecule has 0 aliphatic carbocycles. The van der Waals surface area contributed by atoms with E-state index >= 15 is 0 Å². The summed E-state index contributed by atoms with van der Waals surface area (Å²) in [6.07, 6.45) is 4.38. The number of fused-ring (bicyclic) bond motifs is 4. The Balaban J connectivity index is 1.31. The van der Waals surface area contributed by atoms with Crippen molar-refractivity contribution in [3.05, 3.63) is 35.9 Å². The van der Waals surface area contributed by atoms with Gasteiger partial charge in [-0.3, -0.25) is 14.9 Å². The van der Waals surface area contributed by atoms with Gasteiger partial charge in [-0.2, -0.15) is 0 Å². The molecule has 1 aromatic carbocycles. The summed E-state index contributed by atoms with van der Waals surface area (Å²) < 4.78 is 0. The lowest BCUT2D eigenvalue weighted by Gasteiger charge is -2.37. The number of rotatable bonds is 6. The number of benzene rings is 1. The third-order valence-corrected chi connectivity index (χ3v) is 6.09. The van der Waals surface area contributed by atoms with Crippen molar-refractivity contribution >= 4 is 17.8 Å². The first-order valence-electron chi connectivity index (χ1n) is 10.2. The molecule has 28 heavy (non-hydrogen) atoms. The molecule has 7 nitrogen and oxygen atoms in total. The molecule has 4 aliphatic rings. The van der Waals surface area contributed by atoms with Crippen molar-refractivity contribution in [1.29, 1.82) is 0 Å². The van der Waals surface area contributed by atoms with Crippen molar-refractivity contribution < 1.29 is 14.4 Å². The average molecular weight is 384 g/mol. The van der Waals surface area contributed by atoms with E-state index in [0.29, 0.717) is 5.92 Å². The van der Waals surface area contributed by atoms with Crippen LogP contribution in [0.2, 0.25) is 0 Å². The molecule has 4 amide bonds. The molecule has 1 N–H and O–H groups in total. The minimum absolute atomic E-state index is 0.00516. The average Bonchev–Trinajstić information content (AvgIpc) is 2.85. The van der Waals surface area contributed by atoms with Crippen molar-refractivity contribution in [2.45, 2.75) is 31.7 Å². The lowest BCUT2D eigenvalue weighted by molar-refractivity contribution is -0.135. The number of imide groups is 1. The molecule has 2 atom stereocenters. The quantitative estimate of drug-likeness (QED) is 0.746. The summed E-state index contributed by atoms with van der Waals surface area (Å²) in [7, 11) is 0. The molecule has 0 unspecified atom stereocenters. The van der Waals surface area contributed by atoms with Gasteiger partial charge in [0.2, 0.25) is 11.8 Å². The van der Waals surface area contributed by atoms with Crippen LogP contribution in [0.5, 0.6) is 0 Å². The largest absolute Gasteiger partial charge is 0.337 e. The second-order valence-corrected chi connectivity index (χ2v) is 8.20. The molecule has 0 radical (unpaired) electrons. The number of carbonyl (C=O) groups excluding carboxylic acids is 3. The van der Waals surface area contributed by atoms with Crippen LogP contribution in [0.1, 0.15) is 24.8 Å². The van der Waals surface area contributed by atoms with Crippen LogP contribution in [0.3, 0.4) is 0 Å². The van der Waals surface area contributed by atoms with Gasteiger partial charge < -0.3 is 14.7 Å². The molecule has 150 valence electrons. The molecule has 4 fully saturated rings. The van der Waals surface area contributed by atoms with E-state index in [9.17, 15) is 14.4 Å². The predicted octanol–water partition coefficient (Wildman–Crippen LogP) is 1.09. The zero-order valence-corrected chi connectivity index (χ0v) is 16.2. The van der Waals surface area contributed by atoms with Gasteiger partial charge in [0.1, 0.15) is 13.1 Å². The van der Waals surface area contributed by atoms with Crippen molar-refractivity contribution in [1.82, 2.24) is 20.0 Å². The fourth-order valence-corrected chi connectivity index (χ4v) is 4.68. The Bertz CT molecular complexity index is 738. The smallest absolute Gasteiger partial charge is 0.325 e. The van der Waals surface area contributed by atoms with E-state index in [1.807, 2.05) is 11.0 Å². The minimum Gasteiger partial charge on any atom is -0.337 e. The molecule has 1 aromatic rings. The molecule has 0 saturated carbocycles. The molecule has 4 saturated heterocycles. The van der Waals surface area contributed by atoms with Crippen LogP contribution in [0.4, 0.5) is 4.79 Å². The molecule has 7 heteroatoms. The van der Waals surface area contributed by atoms with Gasteiger partial charge >= 0.3 is 6.03 Å². The van der Waals surface area contributed by atoms with Crippen LogP contribution < -0.4 is 5.32 Å². The van der Waals surface area contributed by atoms with E-state index < -0.39 is 6.03 Å². The summed E-state index contributed by atoms with van der Waals surface area (Å²) >= 11 is 0. The van der Waals surface area contributed by atoms with Crippen LogP contribution in [0, 0.1) is 5.92 Å². The number of aryl methyl sites for hydroxylation is 1. The first kappa shape index (κ1) is 18.9. The fraction of sp³-hybridized carbons (Fsp3) is 0.571. The highest BCUT2D eigenvalue weighted by molar-refractivity contribution is 6.03. The Morgan fingerprint density at radius 1 is 1.07 bits per heavy atom. The maximum atomic E-state index is 12.8. The number of carbonyl (C=O) groups is 3. The van der Waals surface area contributed by atoms with Gasteiger partial charge in [-0.25, -0.2) is 4.79 Å². The molecule has 0 aromatic heterocycles. The van der Waals surface area contributed by atoms with E-state index in [0.717, 1.165) is 51.9 Å². The van der Waals surface area contributed by atoms with Gasteiger partial charge in [-0.15, -0.1) is 0 Å². The van der Waals surface area contributed by atoms with Gasteiger partial charge in [0.05, 0.1) is 0 Å². The number of piperidine rings is 1. The summed E-state index contributed by atoms with van der Waals surface area (Å²) in [4.78, 5) is 41.7. The van der Waals surface area contributed by atoms with Crippen LogP contribution in [-0.4, -0.2) is 77.9 Å². The summed E-state index contributed by atoms with van der Waals surface area (Å²) in [5.74, 6) is 0.124. The predicted molar refractivity (Wildman–Crippen MR) is 105 cm³/mol. The monoisotopic (exact) mass is 384 g/mol. The Labute approximate surface area is 165 Å². The van der Waals surface area contributed by atoms with Crippen molar-refractivity contribution in [3.8, 4) is 0 Å². The van der Waals surface area contributed by atoms with Crippen LogP contribution in [-0.2, 0) is 16.0 Å². The Morgan fingerprint density at radius 3 is 2.64 bits per heavy atom. The lowest BCUT2D eigenvalue weighted by Crippen LogP contribution is -2.51. The second-order valence-electron chi connectivity index (χ2n) is 8.20. The normalized spacial score (nSPS) is 25.1. The summed E-state index contributed by atoms with van der Waals surface area (Å²) in [6.45, 7) is 3.74. The maximum absolute atomic E-state index is 12.8. The Kier molecular flexibility index (Phi) is 5.62. The zero-order valence-electron chi connectivity index (χ0n) is 16.2. The highest BCUT2D eigenvalue weighted by atomic mass is 16.2. The standard InChI is InChI=1S/C21H28N4O3/c26-19-14-24(21(28)22-19)15-20(27)25-12-17-8-9-18(25)13-23(11-17)10-4-7-16-5-2-1-3-6-16/h1-3,5-6,17-18H,4,7-15H2,(H,22,26,28)/t17-,18+/m0/s1. The van der Waals surface area contributed by atoms with E-state index in [1.54, 1.807) is 0 Å². The minimum atomic E-state index is -0.458. The number of amides is 4. The number of nitrogens with zero attached hydrogens (tertiary/aromatic N) is 3. The fourth-order valence-electron chi connectivity index (χ4n) is 4.68. The Morgan fingerprint density at radius 2 is 1.89 bits per heavy atom. The molecule has 5 rings (SSSR count). The topological polar surface area (TPSA) is 73.0 Å². The van der Waals surface area contributed by atoms with E-state index in [4.69, 9.17) is 0 Å². The van der Waals surface area contributed by atoms with Gasteiger partial charge in [0.25, 0.3) is 0 Å². The van der Waals surface area contributed by atoms with Crippen molar-refractivity contribution in [2.24, 2.45) is 5.92 Å². The molecule has 2 bridgehead atoms. The molecule has 4 aliphatic heterocycles. The zero-order chi connectivity index (χ0) is 19.5. The van der Waals surface area contributed by atoms with Crippen LogP contribution in [0.25, 0.3) is 0 Å². The van der Waals surface area contributed by atoms with Gasteiger partial charge in [-0.1, -0.05) is 30.3 Å². The van der Waals surface area contributed by atoms with E-state index in [2.05, 4.69) is 34.5 Å². The highest BCUT2D eigenvalue weighted by Gasteiger charge is 2.38. The van der Waals surface area contributed by atoms with E-state index in [-0.39, 0.29) is 30.9 Å². The molecular weight excluding hydrogens is 356 g/mol. The van der Waals surface area contributed by atoms with Crippen LogP contribution >= 0.6 is 0 Å². The van der Waals surface area contributed by atoms with Crippen molar-refractivity contribution in [2.75, 3.05) is 39.3 Å². The van der Waals surface area contributed by atoms with Gasteiger partial charge in [-0.05, 0) is 43.7 Å². The van der Waals surface area contributed by atoms with Gasteiger partial charge in [0, 0.05) is 25.7 Å². The number of hydrogen-bond acceptors (Lipinski definition) is 4.